The highest BCUT2D eigenvalue weighted by atomic mass is 31.2. The highest BCUT2D eigenvalue weighted by Gasteiger charge is 2.50. The van der Waals surface area contributed by atoms with Crippen LogP contribution >= 0.6 is 7.26 Å². The van der Waals surface area contributed by atoms with Crippen LogP contribution < -0.4 is 5.32 Å². The zero-order valence-electron chi connectivity index (χ0n) is 20.0. The van der Waals surface area contributed by atoms with Crippen LogP contribution in [0.1, 0.15) is 55.7 Å². The summed E-state index contributed by atoms with van der Waals surface area (Å²) in [7, 11) is -1.91. The van der Waals surface area contributed by atoms with Gasteiger partial charge in [-0.25, -0.2) is 9.18 Å². The first-order valence-corrected chi connectivity index (χ1v) is 14.4. The normalized spacial score (nSPS) is 16.5. The van der Waals surface area contributed by atoms with Crippen molar-refractivity contribution < 1.29 is 18.7 Å². The van der Waals surface area contributed by atoms with Crippen LogP contribution in [-0.4, -0.2) is 36.0 Å². The van der Waals surface area contributed by atoms with E-state index in [1.165, 1.54) is 12.1 Å². The summed E-state index contributed by atoms with van der Waals surface area (Å²) in [5, 5.41) is 3.10. The number of nitrogens with one attached hydrogen (secondary N) is 1. The van der Waals surface area contributed by atoms with Gasteiger partial charge in [0.05, 0.1) is 12.3 Å². The van der Waals surface area contributed by atoms with Crippen LogP contribution in [0.3, 0.4) is 0 Å². The molecule has 0 aliphatic carbocycles. The quantitative estimate of drug-likeness (QED) is 0.353. The summed E-state index contributed by atoms with van der Waals surface area (Å²) < 4.78 is 19.4. The second kappa shape index (κ2) is 11.7. The van der Waals surface area contributed by atoms with Crippen molar-refractivity contribution in [1.29, 1.82) is 0 Å². The molecule has 1 fully saturated rings. The van der Waals surface area contributed by atoms with Gasteiger partial charge >= 0.3 is 5.97 Å². The smallest absolute Gasteiger partial charge is 0.344 e. The number of esters is 1. The van der Waals surface area contributed by atoms with Gasteiger partial charge in [-0.1, -0.05) is 37.3 Å². The van der Waals surface area contributed by atoms with Crippen molar-refractivity contribution in [3.8, 4) is 0 Å². The number of ether oxygens (including phenoxy) is 1. The number of hydrogen-bond acceptors (Lipinski definition) is 3. The largest absolute Gasteiger partial charge is 0.458 e. The molecule has 3 rings (SSSR count). The summed E-state index contributed by atoms with van der Waals surface area (Å²) in [5.41, 5.74) is 2.87. The van der Waals surface area contributed by atoms with Gasteiger partial charge in [0, 0.05) is 12.9 Å². The lowest BCUT2D eigenvalue weighted by atomic mass is 10.1. The molecule has 1 N–H and O–H groups in total. The molecule has 1 unspecified atom stereocenters. The Bertz CT molecular complexity index is 932. The Balaban J connectivity index is 1.79. The van der Waals surface area contributed by atoms with E-state index >= 15 is 0 Å². The lowest BCUT2D eigenvalue weighted by Gasteiger charge is -2.32. The molecule has 4 nitrogen and oxygen atoms in total. The van der Waals surface area contributed by atoms with Crippen LogP contribution in [0.5, 0.6) is 0 Å². The fraction of sp³-hybridized carbons (Fsp3) is 0.481. The third kappa shape index (κ3) is 6.63. The van der Waals surface area contributed by atoms with Gasteiger partial charge < -0.3 is 10.1 Å². The van der Waals surface area contributed by atoms with Crippen LogP contribution in [0.4, 0.5) is 10.1 Å². The predicted octanol–water partition coefficient (Wildman–Crippen LogP) is 6.49. The van der Waals surface area contributed by atoms with E-state index in [-0.39, 0.29) is 30.0 Å². The molecule has 0 saturated carbocycles. The maximum absolute atomic E-state index is 13.7. The van der Waals surface area contributed by atoms with Gasteiger partial charge in [0.2, 0.25) is 0 Å². The zero-order chi connectivity index (χ0) is 23.8. The molecule has 1 heterocycles. The minimum atomic E-state index is -1.91. The lowest BCUT2D eigenvalue weighted by molar-refractivity contribution is -0.141. The Morgan fingerprint density at radius 2 is 1.64 bits per heavy atom. The van der Waals surface area contributed by atoms with E-state index in [9.17, 15) is 14.0 Å². The molecule has 1 saturated heterocycles. The van der Waals surface area contributed by atoms with Gasteiger partial charge in [-0.15, -0.1) is 0 Å². The standard InChI is InChI=1S/C27H35FNO3P/c1-4-24(27(31)29-26-20(2)16-23(28)17-21(26)3)33(14-10-5-6-11-15-33)19-25(30)32-18-22-12-8-7-9-13-22/h7-9,12-13,16-17,24H,4-6,10-11,14-15,18-19H2,1-3H3/p+1. The van der Waals surface area contributed by atoms with Crippen molar-refractivity contribution in [3.63, 3.8) is 0 Å². The van der Waals surface area contributed by atoms with Crippen LogP contribution in [0, 0.1) is 19.7 Å². The van der Waals surface area contributed by atoms with Gasteiger partial charge in [0.15, 0.2) is 6.16 Å². The van der Waals surface area contributed by atoms with E-state index < -0.39 is 7.26 Å². The van der Waals surface area contributed by atoms with Gasteiger partial charge in [-0.2, -0.15) is 0 Å². The topological polar surface area (TPSA) is 55.4 Å². The number of carbonyl (C=O) groups is 2. The number of aryl methyl sites for hydroxylation is 2. The average molecular weight is 473 g/mol. The second-order valence-corrected chi connectivity index (χ2v) is 13.5. The molecule has 0 radical (unpaired) electrons. The molecule has 2 aromatic carbocycles. The summed E-state index contributed by atoms with van der Waals surface area (Å²) in [6.07, 6.45) is 7.33. The average Bonchev–Trinajstić information content (AvgIpc) is 3.02. The Kier molecular flexibility index (Phi) is 9.02. The summed E-state index contributed by atoms with van der Waals surface area (Å²) in [4.78, 5) is 26.6. The fourth-order valence-corrected chi connectivity index (χ4v) is 10.1. The van der Waals surface area contributed by atoms with Gasteiger partial charge in [0.1, 0.15) is 18.1 Å². The van der Waals surface area contributed by atoms with E-state index in [2.05, 4.69) is 5.32 Å². The molecule has 33 heavy (non-hydrogen) atoms. The first kappa shape index (κ1) is 25.4. The highest BCUT2D eigenvalue weighted by Crippen LogP contribution is 2.66. The van der Waals surface area contributed by atoms with E-state index in [0.29, 0.717) is 29.4 Å². The minimum absolute atomic E-state index is 0.0404. The van der Waals surface area contributed by atoms with Gasteiger partial charge in [-0.3, -0.25) is 4.79 Å². The van der Waals surface area contributed by atoms with Crippen LogP contribution in [-0.2, 0) is 20.9 Å². The fourth-order valence-electron chi connectivity index (χ4n) is 5.08. The number of amides is 1. The first-order chi connectivity index (χ1) is 15.8. The maximum atomic E-state index is 13.7. The molecule has 0 spiro atoms. The zero-order valence-corrected chi connectivity index (χ0v) is 20.9. The molecule has 1 amide bonds. The monoisotopic (exact) mass is 472 g/mol. The number of carbonyl (C=O) groups excluding carboxylic acids is 2. The van der Waals surface area contributed by atoms with E-state index in [1.807, 2.05) is 51.1 Å². The SMILES string of the molecule is CCC(C(=O)Nc1c(C)cc(F)cc1C)[P+]1(CC(=O)OCc2ccccc2)CCCCCC1. The molecular weight excluding hydrogens is 436 g/mol. The van der Waals surface area contributed by atoms with Crippen molar-refractivity contribution in [2.24, 2.45) is 0 Å². The van der Waals surface area contributed by atoms with Crippen LogP contribution in [0.25, 0.3) is 0 Å². The Hall–Kier alpha value is -2.26. The molecule has 0 aromatic heterocycles. The van der Waals surface area contributed by atoms with Crippen LogP contribution in [0.15, 0.2) is 42.5 Å². The third-order valence-electron chi connectivity index (χ3n) is 6.74. The summed E-state index contributed by atoms with van der Waals surface area (Å²) in [5.74, 6) is -0.542. The summed E-state index contributed by atoms with van der Waals surface area (Å²) >= 11 is 0. The molecule has 1 aliphatic heterocycles. The number of anilines is 1. The number of benzene rings is 2. The van der Waals surface area contributed by atoms with Crippen molar-refractivity contribution in [2.45, 2.75) is 65.1 Å². The van der Waals surface area contributed by atoms with Gasteiger partial charge in [0.25, 0.3) is 5.91 Å². The molecule has 1 aliphatic rings. The van der Waals surface area contributed by atoms with E-state index in [4.69, 9.17) is 4.74 Å². The lowest BCUT2D eigenvalue weighted by Crippen LogP contribution is -2.35. The molecule has 6 heteroatoms. The Morgan fingerprint density at radius 1 is 1.03 bits per heavy atom. The maximum Gasteiger partial charge on any atom is 0.344 e. The van der Waals surface area contributed by atoms with Crippen LogP contribution in [0.2, 0.25) is 0 Å². The number of halogens is 1. The van der Waals surface area contributed by atoms with Crippen molar-refractivity contribution >= 4 is 24.8 Å². The summed E-state index contributed by atoms with van der Waals surface area (Å²) in [6.45, 7) is 5.92. The van der Waals surface area contributed by atoms with Crippen molar-refractivity contribution in [2.75, 3.05) is 23.8 Å². The van der Waals surface area contributed by atoms with Crippen molar-refractivity contribution in [3.05, 3.63) is 65.0 Å². The van der Waals surface area contributed by atoms with Gasteiger partial charge in [-0.05, 0) is 74.8 Å². The Morgan fingerprint density at radius 3 is 2.21 bits per heavy atom. The van der Waals surface area contributed by atoms with E-state index in [0.717, 1.165) is 43.6 Å². The number of hydrogen-bond donors (Lipinski definition) is 1. The molecule has 178 valence electrons. The van der Waals surface area contributed by atoms with Crippen molar-refractivity contribution in [1.82, 2.24) is 0 Å². The Labute approximate surface area is 197 Å². The first-order valence-electron chi connectivity index (χ1n) is 12.0. The predicted molar refractivity (Wildman–Crippen MR) is 135 cm³/mol. The minimum Gasteiger partial charge on any atom is -0.458 e. The number of rotatable bonds is 8. The second-order valence-electron chi connectivity index (χ2n) is 9.21. The summed E-state index contributed by atoms with van der Waals surface area (Å²) in [6, 6.07) is 12.6. The molecule has 0 bridgehead atoms. The highest BCUT2D eigenvalue weighted by molar-refractivity contribution is 7.78. The third-order valence-corrected chi connectivity index (χ3v) is 12.0. The molecule has 2 aromatic rings. The molecular formula is C27H36FNO3P+. The van der Waals surface area contributed by atoms with E-state index in [1.54, 1.807) is 0 Å². The molecule has 1 atom stereocenters.